The summed E-state index contributed by atoms with van der Waals surface area (Å²) >= 11 is 0. The molecule has 0 unspecified atom stereocenters. The van der Waals surface area contributed by atoms with E-state index in [9.17, 15) is 0 Å². The van der Waals surface area contributed by atoms with Crippen molar-refractivity contribution in [3.8, 4) is 11.5 Å². The summed E-state index contributed by atoms with van der Waals surface area (Å²) in [5.41, 5.74) is 6.33. The topological polar surface area (TPSA) is 62.9 Å². The number of hydrogen-bond acceptors (Lipinski definition) is 5. The number of nitrogens with two attached hydrogens (primary N) is 1. The van der Waals surface area contributed by atoms with Gasteiger partial charge in [0.05, 0.1) is 13.7 Å². The van der Waals surface area contributed by atoms with E-state index >= 15 is 0 Å². The standard InChI is InChI=1S/C13H21NO4/c1-15-4-3-5-17-6-7-18-13-9-11(14)8-12(10-13)16-2/h8-10H,3-7,14H2,1-2H3. The average molecular weight is 255 g/mol. The lowest BCUT2D eigenvalue weighted by Crippen LogP contribution is -2.08. The molecule has 5 heteroatoms. The zero-order valence-electron chi connectivity index (χ0n) is 11.0. The fourth-order valence-electron chi connectivity index (χ4n) is 1.42. The van der Waals surface area contributed by atoms with Gasteiger partial charge in [0.1, 0.15) is 18.1 Å². The molecule has 5 nitrogen and oxygen atoms in total. The van der Waals surface area contributed by atoms with E-state index in [0.717, 1.165) is 6.42 Å². The fourth-order valence-corrected chi connectivity index (χ4v) is 1.42. The molecule has 0 spiro atoms. The quantitative estimate of drug-likeness (QED) is 0.537. The van der Waals surface area contributed by atoms with Crippen LogP contribution in [0.5, 0.6) is 11.5 Å². The van der Waals surface area contributed by atoms with Gasteiger partial charge in [0, 0.05) is 44.2 Å². The summed E-state index contributed by atoms with van der Waals surface area (Å²) in [6.07, 6.45) is 0.891. The van der Waals surface area contributed by atoms with Crippen molar-refractivity contribution in [2.24, 2.45) is 0 Å². The Hall–Kier alpha value is -1.46. The second-order valence-corrected chi connectivity index (χ2v) is 3.75. The lowest BCUT2D eigenvalue weighted by atomic mass is 10.3. The van der Waals surface area contributed by atoms with E-state index in [1.807, 2.05) is 0 Å². The molecule has 0 aliphatic rings. The molecule has 0 atom stereocenters. The summed E-state index contributed by atoms with van der Waals surface area (Å²) in [5, 5.41) is 0. The van der Waals surface area contributed by atoms with E-state index in [1.54, 1.807) is 32.4 Å². The van der Waals surface area contributed by atoms with Crippen LogP contribution in [0.1, 0.15) is 6.42 Å². The lowest BCUT2D eigenvalue weighted by molar-refractivity contribution is 0.0806. The highest BCUT2D eigenvalue weighted by Crippen LogP contribution is 2.23. The number of benzene rings is 1. The fraction of sp³-hybridized carbons (Fsp3) is 0.538. The van der Waals surface area contributed by atoms with E-state index in [4.69, 9.17) is 24.7 Å². The normalized spacial score (nSPS) is 10.3. The molecule has 102 valence electrons. The van der Waals surface area contributed by atoms with Gasteiger partial charge < -0.3 is 24.7 Å². The highest BCUT2D eigenvalue weighted by atomic mass is 16.5. The van der Waals surface area contributed by atoms with E-state index < -0.39 is 0 Å². The maximum atomic E-state index is 5.72. The molecular weight excluding hydrogens is 234 g/mol. The van der Waals surface area contributed by atoms with E-state index in [2.05, 4.69) is 0 Å². The largest absolute Gasteiger partial charge is 0.497 e. The molecule has 0 fully saturated rings. The van der Waals surface area contributed by atoms with Crippen LogP contribution >= 0.6 is 0 Å². The van der Waals surface area contributed by atoms with Gasteiger partial charge in [0.15, 0.2) is 0 Å². The molecule has 0 aromatic heterocycles. The van der Waals surface area contributed by atoms with Gasteiger partial charge in [-0.05, 0) is 6.42 Å². The van der Waals surface area contributed by atoms with Crippen LogP contribution in [-0.2, 0) is 9.47 Å². The molecular formula is C13H21NO4. The predicted octanol–water partition coefficient (Wildman–Crippen LogP) is 1.71. The van der Waals surface area contributed by atoms with Gasteiger partial charge in [0.2, 0.25) is 0 Å². The Balaban J connectivity index is 2.20. The van der Waals surface area contributed by atoms with Crippen LogP contribution in [0.2, 0.25) is 0 Å². The molecule has 0 heterocycles. The number of nitrogen functional groups attached to an aromatic ring is 1. The van der Waals surface area contributed by atoms with Crippen LogP contribution in [0, 0.1) is 0 Å². The first-order valence-corrected chi connectivity index (χ1v) is 5.90. The van der Waals surface area contributed by atoms with Crippen LogP contribution < -0.4 is 15.2 Å². The third-order valence-electron chi connectivity index (χ3n) is 2.27. The minimum Gasteiger partial charge on any atom is -0.497 e. The van der Waals surface area contributed by atoms with E-state index in [-0.39, 0.29) is 0 Å². The molecule has 0 saturated carbocycles. The van der Waals surface area contributed by atoms with Crippen molar-refractivity contribution < 1.29 is 18.9 Å². The van der Waals surface area contributed by atoms with Crippen molar-refractivity contribution in [1.82, 2.24) is 0 Å². The van der Waals surface area contributed by atoms with Gasteiger partial charge in [-0.1, -0.05) is 0 Å². The summed E-state index contributed by atoms with van der Waals surface area (Å²) in [4.78, 5) is 0. The third kappa shape index (κ3) is 5.75. The summed E-state index contributed by atoms with van der Waals surface area (Å²) in [6.45, 7) is 2.42. The van der Waals surface area contributed by atoms with Crippen LogP contribution in [0.3, 0.4) is 0 Å². The van der Waals surface area contributed by atoms with Crippen LogP contribution in [0.4, 0.5) is 5.69 Å². The molecule has 0 saturated heterocycles. The number of methoxy groups -OCH3 is 2. The van der Waals surface area contributed by atoms with Crippen LogP contribution in [-0.4, -0.2) is 40.6 Å². The van der Waals surface area contributed by atoms with Gasteiger partial charge >= 0.3 is 0 Å². The second kappa shape index (κ2) is 8.60. The van der Waals surface area contributed by atoms with Gasteiger partial charge in [-0.2, -0.15) is 0 Å². The van der Waals surface area contributed by atoms with Crippen molar-refractivity contribution in [3.63, 3.8) is 0 Å². The molecule has 1 rings (SSSR count). The predicted molar refractivity (Wildman–Crippen MR) is 70.2 cm³/mol. The molecule has 0 aliphatic carbocycles. The number of anilines is 1. The first-order chi connectivity index (χ1) is 8.76. The maximum Gasteiger partial charge on any atom is 0.125 e. The molecule has 2 N–H and O–H groups in total. The summed E-state index contributed by atoms with van der Waals surface area (Å²) in [6, 6.07) is 5.29. The van der Waals surface area contributed by atoms with Crippen molar-refractivity contribution in [2.75, 3.05) is 46.4 Å². The first-order valence-electron chi connectivity index (χ1n) is 5.90. The molecule has 0 aliphatic heterocycles. The number of hydrogen-bond donors (Lipinski definition) is 1. The van der Waals surface area contributed by atoms with E-state index in [0.29, 0.717) is 43.6 Å². The highest BCUT2D eigenvalue weighted by molar-refractivity contribution is 5.50. The number of ether oxygens (including phenoxy) is 4. The molecule has 0 bridgehead atoms. The third-order valence-corrected chi connectivity index (χ3v) is 2.27. The summed E-state index contributed by atoms with van der Waals surface area (Å²) < 4.78 is 20.9. The Labute approximate surface area is 108 Å². The smallest absolute Gasteiger partial charge is 0.125 e. The van der Waals surface area contributed by atoms with Gasteiger partial charge in [-0.3, -0.25) is 0 Å². The summed E-state index contributed by atoms with van der Waals surface area (Å²) in [7, 11) is 3.27. The Morgan fingerprint density at radius 3 is 2.44 bits per heavy atom. The van der Waals surface area contributed by atoms with E-state index in [1.165, 1.54) is 0 Å². The number of rotatable bonds is 9. The molecule has 1 aromatic rings. The molecule has 0 amide bonds. The first kappa shape index (κ1) is 14.6. The molecule has 18 heavy (non-hydrogen) atoms. The Bertz CT molecular complexity index is 344. The van der Waals surface area contributed by atoms with Crippen molar-refractivity contribution in [3.05, 3.63) is 18.2 Å². The van der Waals surface area contributed by atoms with Crippen molar-refractivity contribution >= 4 is 5.69 Å². The maximum absolute atomic E-state index is 5.72. The Kier molecular flexibility index (Phi) is 6.98. The van der Waals surface area contributed by atoms with Gasteiger partial charge in [-0.15, -0.1) is 0 Å². The minimum absolute atomic E-state index is 0.486. The summed E-state index contributed by atoms with van der Waals surface area (Å²) in [5.74, 6) is 1.37. The van der Waals surface area contributed by atoms with Crippen LogP contribution in [0.15, 0.2) is 18.2 Å². The zero-order valence-corrected chi connectivity index (χ0v) is 11.0. The van der Waals surface area contributed by atoms with Crippen molar-refractivity contribution in [1.29, 1.82) is 0 Å². The SMILES string of the molecule is COCCCOCCOc1cc(N)cc(OC)c1. The Morgan fingerprint density at radius 1 is 0.944 bits per heavy atom. The highest BCUT2D eigenvalue weighted by Gasteiger charge is 2.00. The average Bonchev–Trinajstić information content (AvgIpc) is 2.37. The second-order valence-electron chi connectivity index (χ2n) is 3.75. The molecule has 0 radical (unpaired) electrons. The van der Waals surface area contributed by atoms with Crippen molar-refractivity contribution in [2.45, 2.75) is 6.42 Å². The van der Waals surface area contributed by atoms with Gasteiger partial charge in [-0.25, -0.2) is 0 Å². The monoisotopic (exact) mass is 255 g/mol. The lowest BCUT2D eigenvalue weighted by Gasteiger charge is -2.09. The zero-order chi connectivity index (χ0) is 13.2. The molecule has 1 aromatic carbocycles. The van der Waals surface area contributed by atoms with Crippen LogP contribution in [0.25, 0.3) is 0 Å². The Morgan fingerprint density at radius 2 is 1.72 bits per heavy atom. The minimum atomic E-state index is 0.486. The van der Waals surface area contributed by atoms with Gasteiger partial charge in [0.25, 0.3) is 0 Å².